The van der Waals surface area contributed by atoms with Crippen molar-refractivity contribution in [2.45, 2.75) is 12.8 Å². The van der Waals surface area contributed by atoms with Gasteiger partial charge in [-0.2, -0.15) is 0 Å². The fourth-order valence-corrected chi connectivity index (χ4v) is 5.13. The molecule has 4 heteroatoms. The number of imide groups is 1. The first-order chi connectivity index (χ1) is 10.1. The van der Waals surface area contributed by atoms with Crippen LogP contribution in [-0.2, 0) is 9.59 Å². The molecule has 2 saturated carbocycles. The number of amides is 2. The van der Waals surface area contributed by atoms with Crippen molar-refractivity contribution in [3.05, 3.63) is 41.4 Å². The number of hydrogen-bond acceptors (Lipinski definition) is 2. The van der Waals surface area contributed by atoms with Crippen molar-refractivity contribution in [3.8, 4) is 0 Å². The largest absolute Gasteiger partial charge is 0.274 e. The van der Waals surface area contributed by atoms with E-state index in [0.717, 1.165) is 0 Å². The minimum Gasteiger partial charge on any atom is -0.274 e. The van der Waals surface area contributed by atoms with Crippen LogP contribution in [0, 0.1) is 29.1 Å². The SMILES string of the molecule is O=C1[C@@H]2[C@@H](C(=O)N1c1cccc(Cl)c1)[C@@H]1C=C[C@H]2C12CC2. The Morgan fingerprint density at radius 1 is 1.05 bits per heavy atom. The first-order valence-electron chi connectivity index (χ1n) is 7.45. The quantitative estimate of drug-likeness (QED) is 0.590. The van der Waals surface area contributed by atoms with Crippen LogP contribution in [0.15, 0.2) is 36.4 Å². The fraction of sp³-hybridized carbons (Fsp3) is 0.412. The average molecular weight is 300 g/mol. The molecular weight excluding hydrogens is 286 g/mol. The number of anilines is 1. The summed E-state index contributed by atoms with van der Waals surface area (Å²) >= 11 is 6.00. The lowest BCUT2D eigenvalue weighted by atomic mass is 9.85. The van der Waals surface area contributed by atoms with Gasteiger partial charge in [-0.3, -0.25) is 9.59 Å². The summed E-state index contributed by atoms with van der Waals surface area (Å²) in [5, 5.41) is 0.546. The van der Waals surface area contributed by atoms with Crippen LogP contribution >= 0.6 is 11.6 Å². The number of allylic oxidation sites excluding steroid dienone is 2. The van der Waals surface area contributed by atoms with Crippen molar-refractivity contribution in [2.75, 3.05) is 4.90 Å². The zero-order chi connectivity index (χ0) is 14.4. The Balaban J connectivity index is 1.59. The second-order valence-electron chi connectivity index (χ2n) is 6.71. The Hall–Kier alpha value is -1.61. The van der Waals surface area contributed by atoms with Crippen molar-refractivity contribution >= 4 is 29.1 Å². The molecule has 4 atom stereocenters. The number of hydrogen-bond donors (Lipinski definition) is 0. The van der Waals surface area contributed by atoms with Gasteiger partial charge >= 0.3 is 0 Å². The van der Waals surface area contributed by atoms with E-state index in [1.165, 1.54) is 17.7 Å². The van der Waals surface area contributed by atoms with Crippen molar-refractivity contribution in [3.63, 3.8) is 0 Å². The smallest absolute Gasteiger partial charge is 0.238 e. The van der Waals surface area contributed by atoms with Crippen molar-refractivity contribution in [1.29, 1.82) is 0 Å². The molecule has 1 aromatic rings. The molecule has 3 fully saturated rings. The molecule has 0 unspecified atom stereocenters. The second-order valence-corrected chi connectivity index (χ2v) is 7.15. The molecule has 1 saturated heterocycles. The number of carbonyl (C=O) groups excluding carboxylic acids is 2. The van der Waals surface area contributed by atoms with E-state index >= 15 is 0 Å². The average Bonchev–Trinajstić information content (AvgIpc) is 3.05. The van der Waals surface area contributed by atoms with Gasteiger partial charge < -0.3 is 0 Å². The molecule has 2 bridgehead atoms. The maximum Gasteiger partial charge on any atom is 0.238 e. The lowest BCUT2D eigenvalue weighted by Gasteiger charge is -2.21. The Labute approximate surface area is 127 Å². The predicted molar refractivity (Wildman–Crippen MR) is 78.7 cm³/mol. The van der Waals surface area contributed by atoms with Gasteiger partial charge in [-0.25, -0.2) is 4.90 Å². The van der Waals surface area contributed by atoms with E-state index in [2.05, 4.69) is 12.2 Å². The van der Waals surface area contributed by atoms with Gasteiger partial charge in [0.05, 0.1) is 17.5 Å². The van der Waals surface area contributed by atoms with Gasteiger partial charge in [-0.05, 0) is 48.3 Å². The molecular formula is C17H14ClNO2. The van der Waals surface area contributed by atoms with E-state index in [9.17, 15) is 9.59 Å². The lowest BCUT2D eigenvalue weighted by molar-refractivity contribution is -0.123. The Morgan fingerprint density at radius 3 is 2.19 bits per heavy atom. The Kier molecular flexibility index (Phi) is 2.05. The van der Waals surface area contributed by atoms with Crippen molar-refractivity contribution in [1.82, 2.24) is 0 Å². The number of carbonyl (C=O) groups is 2. The highest BCUT2D eigenvalue weighted by Gasteiger charge is 2.73. The number of nitrogens with zero attached hydrogens (tertiary/aromatic N) is 1. The van der Waals surface area contributed by atoms with E-state index in [1.54, 1.807) is 24.3 Å². The lowest BCUT2D eigenvalue weighted by Crippen LogP contribution is -2.34. The summed E-state index contributed by atoms with van der Waals surface area (Å²) in [6.45, 7) is 0. The number of halogens is 1. The summed E-state index contributed by atoms with van der Waals surface area (Å²) in [6.07, 6.45) is 6.71. The molecule has 1 aromatic carbocycles. The van der Waals surface area contributed by atoms with E-state index in [0.29, 0.717) is 10.7 Å². The molecule has 1 heterocycles. The molecule has 5 rings (SSSR count). The molecule has 0 radical (unpaired) electrons. The molecule has 106 valence electrons. The van der Waals surface area contributed by atoms with Gasteiger partial charge in [0.15, 0.2) is 0 Å². The topological polar surface area (TPSA) is 37.4 Å². The van der Waals surface area contributed by atoms with Crippen molar-refractivity contribution < 1.29 is 9.59 Å². The van der Waals surface area contributed by atoms with Crippen LogP contribution in [0.1, 0.15) is 12.8 Å². The molecule has 0 N–H and O–H groups in total. The van der Waals surface area contributed by atoms with Gasteiger partial charge in [0.25, 0.3) is 0 Å². The predicted octanol–water partition coefficient (Wildman–Crippen LogP) is 3.04. The summed E-state index contributed by atoms with van der Waals surface area (Å²) in [4.78, 5) is 27.0. The highest BCUT2D eigenvalue weighted by molar-refractivity contribution is 6.31. The fourth-order valence-electron chi connectivity index (χ4n) is 4.95. The summed E-state index contributed by atoms with van der Waals surface area (Å²) in [5.74, 6) is 0.190. The van der Waals surface area contributed by atoms with E-state index in [4.69, 9.17) is 11.6 Å². The highest BCUT2D eigenvalue weighted by Crippen LogP contribution is 2.73. The third-order valence-corrected chi connectivity index (χ3v) is 6.15. The highest BCUT2D eigenvalue weighted by atomic mass is 35.5. The van der Waals surface area contributed by atoms with Crippen LogP contribution < -0.4 is 4.90 Å². The summed E-state index contributed by atoms with van der Waals surface area (Å²) < 4.78 is 0. The maximum absolute atomic E-state index is 12.8. The Morgan fingerprint density at radius 2 is 1.67 bits per heavy atom. The third kappa shape index (κ3) is 1.27. The molecule has 4 aliphatic rings. The first kappa shape index (κ1) is 12.0. The van der Waals surface area contributed by atoms with Crippen LogP contribution in [-0.4, -0.2) is 11.8 Å². The summed E-state index contributed by atoms with van der Waals surface area (Å²) in [5.41, 5.74) is 0.859. The number of fused-ring (bicyclic) bond motifs is 3. The maximum atomic E-state index is 12.8. The van der Waals surface area contributed by atoms with E-state index < -0.39 is 0 Å². The van der Waals surface area contributed by atoms with Crippen molar-refractivity contribution in [2.24, 2.45) is 29.1 Å². The third-order valence-electron chi connectivity index (χ3n) is 5.92. The van der Waals surface area contributed by atoms with Gasteiger partial charge in [0, 0.05) is 5.02 Å². The van der Waals surface area contributed by atoms with Gasteiger partial charge in [0.2, 0.25) is 11.8 Å². The summed E-state index contributed by atoms with van der Waals surface area (Å²) in [6, 6.07) is 7.01. The summed E-state index contributed by atoms with van der Waals surface area (Å²) in [7, 11) is 0. The zero-order valence-electron chi connectivity index (χ0n) is 11.3. The molecule has 1 aliphatic heterocycles. The van der Waals surface area contributed by atoms with Crippen LogP contribution in [0.2, 0.25) is 5.02 Å². The molecule has 0 aromatic heterocycles. The monoisotopic (exact) mass is 299 g/mol. The molecule has 21 heavy (non-hydrogen) atoms. The van der Waals surface area contributed by atoms with Crippen LogP contribution in [0.25, 0.3) is 0 Å². The number of benzene rings is 1. The van der Waals surface area contributed by atoms with Gasteiger partial charge in [-0.1, -0.05) is 29.8 Å². The number of rotatable bonds is 1. The van der Waals surface area contributed by atoms with Gasteiger partial charge in [-0.15, -0.1) is 0 Å². The molecule has 3 aliphatic carbocycles. The normalized spacial score (nSPS) is 37.7. The van der Waals surface area contributed by atoms with Crippen LogP contribution in [0.4, 0.5) is 5.69 Å². The zero-order valence-corrected chi connectivity index (χ0v) is 12.1. The van der Waals surface area contributed by atoms with Crippen LogP contribution in [0.3, 0.4) is 0 Å². The standard InChI is InChI=1S/C17H14ClNO2/c18-9-2-1-3-10(8-9)19-15(20)13-11-4-5-12(14(13)16(19)21)17(11)6-7-17/h1-5,8,11-14H,6-7H2/t11-,12+,13-,14-/m0/s1. The molecule has 1 spiro atoms. The Bertz CT molecular complexity index is 687. The first-order valence-corrected chi connectivity index (χ1v) is 7.83. The van der Waals surface area contributed by atoms with E-state index in [-0.39, 0.29) is 40.9 Å². The molecule has 3 nitrogen and oxygen atoms in total. The van der Waals surface area contributed by atoms with Gasteiger partial charge in [0.1, 0.15) is 0 Å². The van der Waals surface area contributed by atoms with E-state index in [1.807, 2.05) is 0 Å². The minimum absolute atomic E-state index is 0.0320. The van der Waals surface area contributed by atoms with Crippen LogP contribution in [0.5, 0.6) is 0 Å². The second kappa shape index (κ2) is 3.58. The molecule has 2 amide bonds. The minimum atomic E-state index is -0.144.